The van der Waals surface area contributed by atoms with Crippen LogP contribution in [-0.4, -0.2) is 21.6 Å². The van der Waals surface area contributed by atoms with E-state index < -0.39 is 5.97 Å². The van der Waals surface area contributed by atoms with Crippen molar-refractivity contribution in [3.8, 4) is 0 Å². The standard InChI is InChI=1S/C11H9NO3S2/c13-9(5-6-10(14)15)12-7-3-1-2-4-8(7)17-11(12)16/h1-4H,5-6H2,(H,14,15). The number of rotatable bonds is 3. The van der Waals surface area contributed by atoms with Crippen LogP contribution < -0.4 is 0 Å². The van der Waals surface area contributed by atoms with E-state index in [1.165, 1.54) is 15.9 Å². The zero-order valence-corrected chi connectivity index (χ0v) is 10.4. The van der Waals surface area contributed by atoms with Gasteiger partial charge in [-0.05, 0) is 24.4 Å². The predicted octanol–water partition coefficient (Wildman–Crippen LogP) is 2.94. The van der Waals surface area contributed by atoms with Gasteiger partial charge in [0.05, 0.1) is 16.6 Å². The Morgan fingerprint density at radius 1 is 1.29 bits per heavy atom. The van der Waals surface area contributed by atoms with Gasteiger partial charge >= 0.3 is 5.97 Å². The Morgan fingerprint density at radius 3 is 2.71 bits per heavy atom. The van der Waals surface area contributed by atoms with Crippen molar-refractivity contribution in [3.63, 3.8) is 0 Å². The Labute approximate surface area is 106 Å². The lowest BCUT2D eigenvalue weighted by Gasteiger charge is -2.01. The molecule has 6 heteroatoms. The van der Waals surface area contributed by atoms with Crippen LogP contribution in [0.2, 0.25) is 0 Å². The van der Waals surface area contributed by atoms with E-state index in [1.54, 1.807) is 6.07 Å². The van der Waals surface area contributed by atoms with Crippen molar-refractivity contribution >= 4 is 45.6 Å². The first-order valence-electron chi connectivity index (χ1n) is 4.95. The van der Waals surface area contributed by atoms with Crippen molar-refractivity contribution in [2.24, 2.45) is 0 Å². The molecule has 0 saturated carbocycles. The van der Waals surface area contributed by atoms with Gasteiger partial charge in [0.1, 0.15) is 0 Å². The molecule has 2 aromatic rings. The number of benzene rings is 1. The molecule has 4 nitrogen and oxygen atoms in total. The quantitative estimate of drug-likeness (QED) is 0.869. The number of hydrogen-bond donors (Lipinski definition) is 1. The topological polar surface area (TPSA) is 59.3 Å². The smallest absolute Gasteiger partial charge is 0.303 e. The van der Waals surface area contributed by atoms with Gasteiger partial charge in [-0.3, -0.25) is 14.2 Å². The van der Waals surface area contributed by atoms with Gasteiger partial charge in [0.2, 0.25) is 5.91 Å². The summed E-state index contributed by atoms with van der Waals surface area (Å²) in [6.45, 7) is 0. The highest BCUT2D eigenvalue weighted by atomic mass is 32.1. The van der Waals surface area contributed by atoms with E-state index in [2.05, 4.69) is 0 Å². The van der Waals surface area contributed by atoms with Crippen molar-refractivity contribution < 1.29 is 14.7 Å². The summed E-state index contributed by atoms with van der Waals surface area (Å²) in [5, 5.41) is 8.56. The van der Waals surface area contributed by atoms with Gasteiger partial charge in [-0.2, -0.15) is 0 Å². The summed E-state index contributed by atoms with van der Waals surface area (Å²) in [5.74, 6) is -1.25. The molecule has 1 N–H and O–H groups in total. The lowest BCUT2D eigenvalue weighted by molar-refractivity contribution is -0.136. The van der Waals surface area contributed by atoms with Gasteiger partial charge in [-0.25, -0.2) is 0 Å². The SMILES string of the molecule is O=C(O)CCC(=O)n1c(=S)sc2ccccc21. The second-order valence-electron chi connectivity index (χ2n) is 3.46. The van der Waals surface area contributed by atoms with Crippen LogP contribution in [0.15, 0.2) is 24.3 Å². The molecule has 0 atom stereocenters. The third kappa shape index (κ3) is 2.42. The molecule has 2 rings (SSSR count). The minimum Gasteiger partial charge on any atom is -0.481 e. The number of carboxylic acids is 1. The van der Waals surface area contributed by atoms with E-state index in [0.29, 0.717) is 3.95 Å². The van der Waals surface area contributed by atoms with Crippen LogP contribution in [0.1, 0.15) is 17.6 Å². The highest BCUT2D eigenvalue weighted by Crippen LogP contribution is 2.23. The fraction of sp³-hybridized carbons (Fsp3) is 0.182. The zero-order valence-electron chi connectivity index (χ0n) is 8.75. The summed E-state index contributed by atoms with van der Waals surface area (Å²) in [7, 11) is 0. The van der Waals surface area contributed by atoms with Crippen molar-refractivity contribution in [1.29, 1.82) is 0 Å². The lowest BCUT2D eigenvalue weighted by atomic mass is 10.3. The summed E-state index contributed by atoms with van der Waals surface area (Å²) < 4.78 is 2.81. The molecule has 88 valence electrons. The van der Waals surface area contributed by atoms with Gasteiger partial charge in [0.15, 0.2) is 3.95 Å². The van der Waals surface area contributed by atoms with Crippen molar-refractivity contribution in [3.05, 3.63) is 28.2 Å². The van der Waals surface area contributed by atoms with E-state index in [-0.39, 0.29) is 18.7 Å². The minimum atomic E-state index is -0.982. The van der Waals surface area contributed by atoms with Crippen molar-refractivity contribution in [1.82, 2.24) is 4.57 Å². The number of carboxylic acid groups (broad SMARTS) is 1. The Morgan fingerprint density at radius 2 is 2.00 bits per heavy atom. The number of aromatic nitrogens is 1. The lowest BCUT2D eigenvalue weighted by Crippen LogP contribution is -2.12. The number of hydrogen-bond acceptors (Lipinski definition) is 4. The number of carbonyl (C=O) groups excluding carboxylic acids is 1. The second kappa shape index (κ2) is 4.77. The maximum atomic E-state index is 11.9. The summed E-state index contributed by atoms with van der Waals surface area (Å²) in [6.07, 6.45) is -0.213. The number of nitrogens with zero attached hydrogens (tertiary/aromatic N) is 1. The first-order valence-corrected chi connectivity index (χ1v) is 6.17. The van der Waals surface area contributed by atoms with Gasteiger partial charge in [0.25, 0.3) is 0 Å². The van der Waals surface area contributed by atoms with Crippen LogP contribution in [0.25, 0.3) is 10.2 Å². The van der Waals surface area contributed by atoms with Gasteiger partial charge < -0.3 is 5.11 Å². The fourth-order valence-corrected chi connectivity index (χ4v) is 2.89. The van der Waals surface area contributed by atoms with Crippen LogP contribution in [0.3, 0.4) is 0 Å². The van der Waals surface area contributed by atoms with Gasteiger partial charge in [-0.1, -0.05) is 12.1 Å². The number of aliphatic carboxylic acids is 1. The van der Waals surface area contributed by atoms with Gasteiger partial charge in [-0.15, -0.1) is 11.3 Å². The Bertz CT molecular complexity index is 641. The van der Waals surface area contributed by atoms with Crippen molar-refractivity contribution in [2.75, 3.05) is 0 Å². The monoisotopic (exact) mass is 267 g/mol. The molecule has 0 spiro atoms. The molecule has 1 heterocycles. The molecule has 0 amide bonds. The zero-order chi connectivity index (χ0) is 12.4. The first-order chi connectivity index (χ1) is 8.09. The number of fused-ring (bicyclic) bond motifs is 1. The van der Waals surface area contributed by atoms with E-state index >= 15 is 0 Å². The Hall–Kier alpha value is -1.53. The molecule has 0 aliphatic heterocycles. The third-order valence-corrected chi connectivity index (χ3v) is 3.64. The summed E-state index contributed by atoms with van der Waals surface area (Å²) in [4.78, 5) is 22.3. The maximum absolute atomic E-state index is 11.9. The molecule has 0 saturated heterocycles. The minimum absolute atomic E-state index is 0.0373. The normalized spacial score (nSPS) is 10.6. The fourth-order valence-electron chi connectivity index (χ4n) is 1.53. The number of carbonyl (C=O) groups is 2. The third-order valence-electron chi connectivity index (χ3n) is 2.29. The van der Waals surface area contributed by atoms with E-state index in [9.17, 15) is 9.59 Å². The number of para-hydroxylation sites is 1. The van der Waals surface area contributed by atoms with Crippen LogP contribution in [0.4, 0.5) is 0 Å². The molecular weight excluding hydrogens is 258 g/mol. The molecular formula is C11H9NO3S2. The molecule has 17 heavy (non-hydrogen) atoms. The van der Waals surface area contributed by atoms with Crippen LogP contribution in [0, 0.1) is 3.95 Å². The Kier molecular flexibility index (Phi) is 3.35. The molecule has 1 aromatic heterocycles. The second-order valence-corrected chi connectivity index (χ2v) is 5.13. The summed E-state index contributed by atoms with van der Waals surface area (Å²) in [5.41, 5.74) is 0.748. The van der Waals surface area contributed by atoms with E-state index in [0.717, 1.165) is 10.2 Å². The molecule has 1 aromatic carbocycles. The largest absolute Gasteiger partial charge is 0.481 e. The molecule has 0 fully saturated rings. The molecule has 0 unspecified atom stereocenters. The van der Waals surface area contributed by atoms with E-state index in [4.69, 9.17) is 17.3 Å². The highest BCUT2D eigenvalue weighted by Gasteiger charge is 2.13. The predicted molar refractivity (Wildman–Crippen MR) is 68.1 cm³/mol. The maximum Gasteiger partial charge on any atom is 0.303 e. The molecule has 0 aliphatic rings. The Balaban J connectivity index is 2.41. The molecule has 0 radical (unpaired) electrons. The average Bonchev–Trinajstić information content (AvgIpc) is 2.61. The molecule has 0 bridgehead atoms. The molecule has 0 aliphatic carbocycles. The first kappa shape index (κ1) is 11.9. The van der Waals surface area contributed by atoms with Crippen molar-refractivity contribution in [2.45, 2.75) is 12.8 Å². The van der Waals surface area contributed by atoms with Crippen LogP contribution in [-0.2, 0) is 4.79 Å². The van der Waals surface area contributed by atoms with E-state index in [1.807, 2.05) is 18.2 Å². The average molecular weight is 267 g/mol. The van der Waals surface area contributed by atoms with Crippen LogP contribution >= 0.6 is 23.6 Å². The highest BCUT2D eigenvalue weighted by molar-refractivity contribution is 7.73. The van der Waals surface area contributed by atoms with Gasteiger partial charge in [0, 0.05) is 6.42 Å². The van der Waals surface area contributed by atoms with Crippen LogP contribution in [0.5, 0.6) is 0 Å². The summed E-state index contributed by atoms with van der Waals surface area (Å²) >= 11 is 6.47. The number of thiazole rings is 1. The summed E-state index contributed by atoms with van der Waals surface area (Å²) in [6, 6.07) is 7.39.